The van der Waals surface area contributed by atoms with Crippen LogP contribution >= 0.6 is 0 Å². The molecule has 2 heterocycles. The third-order valence-electron chi connectivity index (χ3n) is 3.66. The maximum atomic E-state index is 12.0. The third-order valence-corrected chi connectivity index (χ3v) is 3.66. The summed E-state index contributed by atoms with van der Waals surface area (Å²) < 4.78 is 7.02. The second-order valence-electron chi connectivity index (χ2n) is 5.21. The Balaban J connectivity index is 1.96. The average molecular weight is 312 g/mol. The number of carbonyl (C=O) groups is 1. The molecule has 1 N–H and O–H groups in total. The zero-order valence-corrected chi connectivity index (χ0v) is 13.4. The molecule has 0 saturated heterocycles. The summed E-state index contributed by atoms with van der Waals surface area (Å²) in [5.41, 5.74) is 1.70. The summed E-state index contributed by atoms with van der Waals surface area (Å²) in [4.78, 5) is 16.7. The van der Waals surface area contributed by atoms with Crippen LogP contribution in [-0.4, -0.2) is 33.9 Å². The molecule has 1 amide bonds. The second-order valence-corrected chi connectivity index (χ2v) is 5.21. The summed E-state index contributed by atoms with van der Waals surface area (Å²) in [7, 11) is 0. The molecule has 0 spiro atoms. The van der Waals surface area contributed by atoms with Crippen LogP contribution in [0.3, 0.4) is 0 Å². The number of rotatable bonds is 6. The highest BCUT2D eigenvalue weighted by molar-refractivity contribution is 6.02. The number of anilines is 1. The molecular weight excluding hydrogens is 292 g/mol. The van der Waals surface area contributed by atoms with E-state index in [4.69, 9.17) is 4.74 Å². The molecule has 0 fully saturated rings. The number of hydrogen-bond acceptors (Lipinski definition) is 4. The van der Waals surface area contributed by atoms with Crippen LogP contribution in [0.25, 0.3) is 21.9 Å². The third kappa shape index (κ3) is 3.17. The first kappa shape index (κ1) is 15.4. The van der Waals surface area contributed by atoms with Gasteiger partial charge in [-0.1, -0.05) is 18.2 Å². The summed E-state index contributed by atoms with van der Waals surface area (Å²) in [5, 5.41) is 9.24. The van der Waals surface area contributed by atoms with Crippen LogP contribution in [0.15, 0.2) is 30.3 Å². The van der Waals surface area contributed by atoms with E-state index in [-0.39, 0.29) is 5.91 Å². The fourth-order valence-electron chi connectivity index (χ4n) is 2.52. The predicted octanol–water partition coefficient (Wildman–Crippen LogP) is 2.97. The van der Waals surface area contributed by atoms with Crippen molar-refractivity contribution in [3.63, 3.8) is 0 Å². The minimum atomic E-state index is -0.103. The van der Waals surface area contributed by atoms with Gasteiger partial charge in [-0.2, -0.15) is 5.10 Å². The Kier molecular flexibility index (Phi) is 4.52. The maximum absolute atomic E-state index is 12.0. The molecule has 0 aliphatic heterocycles. The van der Waals surface area contributed by atoms with Crippen molar-refractivity contribution < 1.29 is 9.53 Å². The van der Waals surface area contributed by atoms with Crippen LogP contribution in [0.4, 0.5) is 5.82 Å². The van der Waals surface area contributed by atoms with E-state index in [0.29, 0.717) is 32.0 Å². The zero-order valence-electron chi connectivity index (χ0n) is 13.4. The molecule has 0 atom stereocenters. The Morgan fingerprint density at radius 1 is 1.30 bits per heavy atom. The Morgan fingerprint density at radius 2 is 2.13 bits per heavy atom. The fraction of sp³-hybridized carbons (Fsp3) is 0.353. The number of benzene rings is 1. The van der Waals surface area contributed by atoms with Gasteiger partial charge in [-0.05, 0) is 26.0 Å². The molecule has 2 aromatic heterocycles. The van der Waals surface area contributed by atoms with Gasteiger partial charge >= 0.3 is 0 Å². The molecule has 0 aliphatic carbocycles. The number of aryl methyl sites for hydroxylation is 1. The number of ether oxygens (including phenoxy) is 1. The van der Waals surface area contributed by atoms with E-state index in [1.165, 1.54) is 0 Å². The fourth-order valence-corrected chi connectivity index (χ4v) is 2.52. The predicted molar refractivity (Wildman–Crippen MR) is 90.4 cm³/mol. The van der Waals surface area contributed by atoms with Crippen molar-refractivity contribution in [2.75, 3.05) is 18.5 Å². The highest BCUT2D eigenvalue weighted by atomic mass is 16.5. The summed E-state index contributed by atoms with van der Waals surface area (Å²) in [6.45, 7) is 5.62. The monoisotopic (exact) mass is 312 g/mol. The number of fused-ring (bicyclic) bond motifs is 2. The standard InChI is InChI=1S/C17H20N4O2/c1-3-21-17-13(11-12-7-5-6-8-14(12)18-17)16(20-21)19-15(22)9-10-23-4-2/h5-8,11H,3-4,9-10H2,1-2H3,(H,19,20,22). The SMILES string of the molecule is CCOCCC(=O)Nc1nn(CC)c2nc3ccccc3cc12. The number of pyridine rings is 1. The molecule has 0 saturated carbocycles. The molecule has 0 bridgehead atoms. The van der Waals surface area contributed by atoms with Crippen molar-refractivity contribution in [1.82, 2.24) is 14.8 Å². The van der Waals surface area contributed by atoms with Crippen molar-refractivity contribution in [2.45, 2.75) is 26.8 Å². The van der Waals surface area contributed by atoms with Crippen LogP contribution in [0.5, 0.6) is 0 Å². The minimum absolute atomic E-state index is 0.103. The Bertz CT molecular complexity index is 841. The lowest BCUT2D eigenvalue weighted by atomic mass is 10.2. The van der Waals surface area contributed by atoms with Crippen LogP contribution in [-0.2, 0) is 16.1 Å². The highest BCUT2D eigenvalue weighted by Gasteiger charge is 2.14. The van der Waals surface area contributed by atoms with Gasteiger partial charge in [0, 0.05) is 18.5 Å². The van der Waals surface area contributed by atoms with E-state index in [2.05, 4.69) is 15.4 Å². The van der Waals surface area contributed by atoms with Gasteiger partial charge in [-0.25, -0.2) is 9.67 Å². The summed E-state index contributed by atoms with van der Waals surface area (Å²) >= 11 is 0. The van der Waals surface area contributed by atoms with E-state index in [0.717, 1.165) is 21.9 Å². The van der Waals surface area contributed by atoms with Gasteiger partial charge < -0.3 is 10.1 Å². The minimum Gasteiger partial charge on any atom is -0.381 e. The van der Waals surface area contributed by atoms with Crippen LogP contribution in [0.1, 0.15) is 20.3 Å². The quantitative estimate of drug-likeness (QED) is 0.710. The molecule has 0 unspecified atom stereocenters. The van der Waals surface area contributed by atoms with Crippen molar-refractivity contribution >= 4 is 33.7 Å². The van der Waals surface area contributed by atoms with Gasteiger partial charge in [-0.3, -0.25) is 4.79 Å². The first-order valence-electron chi connectivity index (χ1n) is 7.86. The molecule has 23 heavy (non-hydrogen) atoms. The van der Waals surface area contributed by atoms with Crippen molar-refractivity contribution in [1.29, 1.82) is 0 Å². The molecule has 0 aliphatic rings. The summed E-state index contributed by atoms with van der Waals surface area (Å²) in [6, 6.07) is 9.94. The van der Waals surface area contributed by atoms with Gasteiger partial charge in [0.15, 0.2) is 11.5 Å². The van der Waals surface area contributed by atoms with E-state index >= 15 is 0 Å². The second kappa shape index (κ2) is 6.75. The van der Waals surface area contributed by atoms with Gasteiger partial charge in [0.1, 0.15) is 0 Å². The van der Waals surface area contributed by atoms with Crippen LogP contribution in [0, 0.1) is 0 Å². The average Bonchev–Trinajstić information content (AvgIpc) is 2.90. The van der Waals surface area contributed by atoms with E-state index in [1.807, 2.05) is 44.2 Å². The molecule has 0 radical (unpaired) electrons. The zero-order chi connectivity index (χ0) is 16.2. The topological polar surface area (TPSA) is 69.0 Å². The summed E-state index contributed by atoms with van der Waals surface area (Å²) in [6.07, 6.45) is 0.315. The highest BCUT2D eigenvalue weighted by Crippen LogP contribution is 2.25. The van der Waals surface area contributed by atoms with Crippen molar-refractivity contribution in [2.24, 2.45) is 0 Å². The van der Waals surface area contributed by atoms with Gasteiger partial charge in [0.25, 0.3) is 0 Å². The van der Waals surface area contributed by atoms with E-state index in [1.54, 1.807) is 4.68 Å². The number of hydrogen-bond donors (Lipinski definition) is 1. The lowest BCUT2D eigenvalue weighted by Gasteiger charge is -2.03. The largest absolute Gasteiger partial charge is 0.381 e. The van der Waals surface area contributed by atoms with Crippen molar-refractivity contribution in [3.8, 4) is 0 Å². The van der Waals surface area contributed by atoms with Gasteiger partial charge in [-0.15, -0.1) is 0 Å². The molecule has 3 aromatic rings. The smallest absolute Gasteiger partial charge is 0.227 e. The molecule has 1 aromatic carbocycles. The van der Waals surface area contributed by atoms with E-state index < -0.39 is 0 Å². The Hall–Kier alpha value is -2.47. The molecule has 6 nitrogen and oxygen atoms in total. The number of carbonyl (C=O) groups excluding carboxylic acids is 1. The molecule has 3 rings (SSSR count). The first-order chi connectivity index (χ1) is 11.2. The number of nitrogens with zero attached hydrogens (tertiary/aromatic N) is 3. The molecule has 120 valence electrons. The number of amides is 1. The van der Waals surface area contributed by atoms with Crippen LogP contribution < -0.4 is 5.32 Å². The Morgan fingerprint density at radius 3 is 2.91 bits per heavy atom. The lowest BCUT2D eigenvalue weighted by Crippen LogP contribution is -2.15. The lowest BCUT2D eigenvalue weighted by molar-refractivity contribution is -0.117. The molecular formula is C17H20N4O2. The normalized spacial score (nSPS) is 11.2. The number of nitrogens with one attached hydrogen (secondary N) is 1. The number of para-hydroxylation sites is 1. The first-order valence-corrected chi connectivity index (χ1v) is 7.86. The van der Waals surface area contributed by atoms with Gasteiger partial charge in [0.05, 0.1) is 23.9 Å². The van der Waals surface area contributed by atoms with Crippen LogP contribution in [0.2, 0.25) is 0 Å². The van der Waals surface area contributed by atoms with Crippen molar-refractivity contribution in [3.05, 3.63) is 30.3 Å². The van der Waals surface area contributed by atoms with Gasteiger partial charge in [0.2, 0.25) is 5.91 Å². The summed E-state index contributed by atoms with van der Waals surface area (Å²) in [5.74, 6) is 0.455. The Labute approximate surface area is 134 Å². The molecule has 6 heteroatoms. The maximum Gasteiger partial charge on any atom is 0.227 e. The van der Waals surface area contributed by atoms with E-state index in [9.17, 15) is 4.79 Å². The number of aromatic nitrogens is 3.